The lowest BCUT2D eigenvalue weighted by molar-refractivity contribution is -0.527. The number of aliphatic hydroxyl groups excluding tert-OH is 1. The maximum Gasteiger partial charge on any atom is 0.213 e. The van der Waals surface area contributed by atoms with Gasteiger partial charge in [-0.05, 0) is 62.0 Å². The number of hydrogen-bond acceptors (Lipinski definition) is 7. The zero-order valence-electron chi connectivity index (χ0n) is 21.6. The van der Waals surface area contributed by atoms with Crippen molar-refractivity contribution < 1.29 is 33.6 Å². The Morgan fingerprint density at radius 2 is 1.97 bits per heavy atom. The van der Waals surface area contributed by atoms with Crippen molar-refractivity contribution in [1.29, 1.82) is 0 Å². The van der Waals surface area contributed by atoms with Crippen LogP contribution in [0.5, 0.6) is 0 Å². The highest BCUT2D eigenvalue weighted by molar-refractivity contribution is 6.17. The van der Waals surface area contributed by atoms with Gasteiger partial charge in [0.05, 0.1) is 24.7 Å². The zero-order valence-corrected chi connectivity index (χ0v) is 22.4. The van der Waals surface area contributed by atoms with Gasteiger partial charge in [-0.15, -0.1) is 11.6 Å². The first-order valence-electron chi connectivity index (χ1n) is 13.5. The number of fused-ring (bicyclic) bond motifs is 1. The van der Waals surface area contributed by atoms with Crippen molar-refractivity contribution in [1.82, 2.24) is 0 Å². The second kappa shape index (κ2) is 7.16. The second-order valence-corrected chi connectivity index (χ2v) is 13.5. The molecule has 6 fully saturated rings. The van der Waals surface area contributed by atoms with Crippen LogP contribution in [0.3, 0.4) is 0 Å². The lowest BCUT2D eigenvalue weighted by Gasteiger charge is -2.77. The first-order chi connectivity index (χ1) is 17.0. The topological polar surface area (TPSA) is 83.5 Å². The maximum atomic E-state index is 14.3. The predicted octanol–water partition coefficient (Wildman–Crippen LogP) is 4.07. The maximum absolute atomic E-state index is 14.3. The summed E-state index contributed by atoms with van der Waals surface area (Å²) >= 11 is 5.91. The molecule has 9 atom stereocenters. The van der Waals surface area contributed by atoms with Gasteiger partial charge in [0.25, 0.3) is 0 Å². The second-order valence-electron chi connectivity index (χ2n) is 13.2. The van der Waals surface area contributed by atoms with Gasteiger partial charge < -0.3 is 28.8 Å². The molecule has 7 nitrogen and oxygen atoms in total. The van der Waals surface area contributed by atoms with Gasteiger partial charge in [-0.3, -0.25) is 4.79 Å². The standard InChI is InChI=1S/C28H37ClO7/c1-14-16-7-8-17-26-13-33-28(27(17,20(14)30)23(16)35-25(4,5)36-28)21(31)19(26)24(2,3)12-15-6-9-18(32-11-10-29)34-22(15)26/h16-19,21,23,31H,1,6-13H2,2-5H3/t16-,17-,18-,19+,21-,23+,26-,27-,28-/m0/s1. The van der Waals surface area contributed by atoms with Gasteiger partial charge in [0, 0.05) is 24.1 Å². The summed E-state index contributed by atoms with van der Waals surface area (Å²) in [6.07, 6.45) is 2.17. The van der Waals surface area contributed by atoms with Crippen LogP contribution in [0.15, 0.2) is 23.5 Å². The normalized spacial score (nSPS) is 51.4. The zero-order chi connectivity index (χ0) is 25.5. The molecule has 0 aromatic rings. The quantitative estimate of drug-likeness (QED) is 0.443. The van der Waals surface area contributed by atoms with Crippen LogP contribution >= 0.6 is 11.6 Å². The fraction of sp³-hybridized carbons (Fsp3) is 0.821. The van der Waals surface area contributed by atoms with E-state index in [2.05, 4.69) is 20.4 Å². The Kier molecular flexibility index (Phi) is 4.79. The number of hydrogen-bond donors (Lipinski definition) is 1. The van der Waals surface area contributed by atoms with Crippen molar-refractivity contribution in [2.75, 3.05) is 19.1 Å². The third-order valence-corrected chi connectivity index (χ3v) is 10.8. The van der Waals surface area contributed by atoms with E-state index < -0.39 is 40.9 Å². The minimum Gasteiger partial charge on any atom is -0.469 e. The number of carbonyl (C=O) groups is 1. The van der Waals surface area contributed by atoms with Crippen LogP contribution in [-0.4, -0.2) is 60.1 Å². The average Bonchev–Trinajstić information content (AvgIpc) is 2.93. The molecule has 8 aliphatic rings. The van der Waals surface area contributed by atoms with Crippen LogP contribution in [0.1, 0.15) is 59.8 Å². The summed E-state index contributed by atoms with van der Waals surface area (Å²) in [4.78, 5) is 14.3. The summed E-state index contributed by atoms with van der Waals surface area (Å²) in [5, 5.41) is 12.4. The van der Waals surface area contributed by atoms with Gasteiger partial charge >= 0.3 is 0 Å². The molecule has 3 spiro atoms. The van der Waals surface area contributed by atoms with Crippen LogP contribution < -0.4 is 0 Å². The minimum absolute atomic E-state index is 0.0663. The van der Waals surface area contributed by atoms with E-state index in [1.54, 1.807) is 0 Å². The number of halogens is 1. The highest BCUT2D eigenvalue weighted by Gasteiger charge is 2.90. The van der Waals surface area contributed by atoms with Crippen molar-refractivity contribution in [3.05, 3.63) is 23.5 Å². The smallest absolute Gasteiger partial charge is 0.213 e. The monoisotopic (exact) mass is 520 g/mol. The van der Waals surface area contributed by atoms with Gasteiger partial charge in [0.2, 0.25) is 5.79 Å². The van der Waals surface area contributed by atoms with Crippen molar-refractivity contribution in [3.8, 4) is 0 Å². The molecule has 8 heteroatoms. The van der Waals surface area contributed by atoms with Crippen molar-refractivity contribution in [3.63, 3.8) is 0 Å². The van der Waals surface area contributed by atoms with Crippen LogP contribution in [0, 0.1) is 34.0 Å². The predicted molar refractivity (Wildman–Crippen MR) is 130 cm³/mol. The van der Waals surface area contributed by atoms with Gasteiger partial charge in [-0.25, -0.2) is 0 Å². The molecule has 0 unspecified atom stereocenters. The van der Waals surface area contributed by atoms with Gasteiger partial charge in [-0.2, -0.15) is 0 Å². The Bertz CT molecular complexity index is 1080. The van der Waals surface area contributed by atoms with Crippen LogP contribution in [0.25, 0.3) is 0 Å². The first-order valence-corrected chi connectivity index (χ1v) is 14.0. The van der Waals surface area contributed by atoms with E-state index in [1.807, 2.05) is 13.8 Å². The van der Waals surface area contributed by atoms with Gasteiger partial charge in [-0.1, -0.05) is 20.4 Å². The van der Waals surface area contributed by atoms with E-state index in [1.165, 1.54) is 5.57 Å². The first kappa shape index (κ1) is 24.1. The minimum atomic E-state index is -1.48. The van der Waals surface area contributed by atoms with E-state index >= 15 is 0 Å². The van der Waals surface area contributed by atoms with Crippen LogP contribution in [0.2, 0.25) is 0 Å². The molecule has 3 saturated carbocycles. The SMILES string of the molecule is C=C1C(=O)[C@@]23[C@@H]4OC(C)(C)O[C@]25OC[C@]2(C6=C(CC[C@@H](OCCCl)O6)CC(C)(C)[C@H]2[C@@H]5O)[C@@H]3CC[C@@H]14. The molecule has 1 N–H and O–H groups in total. The highest BCUT2D eigenvalue weighted by Crippen LogP contribution is 2.80. The van der Waals surface area contributed by atoms with E-state index in [-0.39, 0.29) is 29.0 Å². The molecular formula is C28H37ClO7. The third kappa shape index (κ3) is 2.48. The third-order valence-electron chi connectivity index (χ3n) is 10.6. The molecular weight excluding hydrogens is 484 g/mol. The van der Waals surface area contributed by atoms with Crippen molar-refractivity contribution in [2.45, 2.75) is 89.9 Å². The lowest BCUT2D eigenvalue weighted by atomic mass is 9.36. The molecule has 3 saturated heterocycles. The lowest BCUT2D eigenvalue weighted by Crippen LogP contribution is -2.87. The summed E-state index contributed by atoms with van der Waals surface area (Å²) in [6, 6.07) is 0. The Labute approximate surface area is 217 Å². The molecule has 4 aliphatic carbocycles. The molecule has 0 aromatic carbocycles. The summed E-state index contributed by atoms with van der Waals surface area (Å²) < 4.78 is 32.6. The summed E-state index contributed by atoms with van der Waals surface area (Å²) in [6.45, 7) is 13.1. The van der Waals surface area contributed by atoms with Crippen molar-refractivity contribution >= 4 is 17.4 Å². The van der Waals surface area contributed by atoms with Crippen LogP contribution in [-0.2, 0) is 28.5 Å². The molecule has 0 radical (unpaired) electrons. The fourth-order valence-corrected chi connectivity index (χ4v) is 10.0. The van der Waals surface area contributed by atoms with E-state index in [0.717, 1.165) is 37.9 Å². The van der Waals surface area contributed by atoms with E-state index in [0.29, 0.717) is 24.7 Å². The summed E-state index contributed by atoms with van der Waals surface area (Å²) in [5.74, 6) is -1.77. The number of alkyl halides is 1. The number of carbonyl (C=O) groups excluding carboxylic acids is 1. The molecule has 0 aromatic heterocycles. The van der Waals surface area contributed by atoms with Crippen molar-refractivity contribution in [2.24, 2.45) is 34.0 Å². The molecule has 4 heterocycles. The summed E-state index contributed by atoms with van der Waals surface area (Å²) in [7, 11) is 0. The van der Waals surface area contributed by atoms with E-state index in [4.69, 9.17) is 35.3 Å². The number of allylic oxidation sites excluding steroid dienone is 1. The van der Waals surface area contributed by atoms with Gasteiger partial charge in [0.1, 0.15) is 17.3 Å². The van der Waals surface area contributed by atoms with Crippen LogP contribution in [0.4, 0.5) is 0 Å². The Hall–Kier alpha value is -0.960. The summed E-state index contributed by atoms with van der Waals surface area (Å²) in [5.41, 5.74) is -0.254. The number of ketones is 1. The number of rotatable bonds is 3. The molecule has 36 heavy (non-hydrogen) atoms. The molecule has 4 bridgehead atoms. The van der Waals surface area contributed by atoms with E-state index in [9.17, 15) is 9.90 Å². The number of aliphatic hydroxyl groups is 1. The number of Topliss-reactive ketones (excluding diaryl/α,β-unsaturated/α-hetero) is 1. The Morgan fingerprint density at radius 3 is 2.72 bits per heavy atom. The Balaban J connectivity index is 1.47. The molecule has 8 rings (SSSR count). The Morgan fingerprint density at radius 1 is 1.19 bits per heavy atom. The molecule has 198 valence electrons. The number of ether oxygens (including phenoxy) is 5. The fourth-order valence-electron chi connectivity index (χ4n) is 9.94. The van der Waals surface area contributed by atoms with Gasteiger partial charge in [0.15, 0.2) is 17.9 Å². The molecule has 0 amide bonds. The average molecular weight is 521 g/mol. The largest absolute Gasteiger partial charge is 0.469 e. The highest BCUT2D eigenvalue weighted by atomic mass is 35.5. The molecule has 4 aliphatic heterocycles.